The normalized spacial score (nSPS) is 11.2. The first-order valence-electron chi connectivity index (χ1n) is 17.1. The molecule has 2 heterocycles. The van der Waals surface area contributed by atoms with E-state index >= 15 is 0 Å². The average molecular weight is 674 g/mol. The van der Waals surface area contributed by atoms with E-state index in [1.165, 1.54) is 0 Å². The molecule has 0 radical (unpaired) electrons. The number of fused-ring (bicyclic) bond motifs is 4. The molecule has 0 fully saturated rings. The second-order valence-electron chi connectivity index (χ2n) is 12.0. The molecule has 0 saturated carbocycles. The summed E-state index contributed by atoms with van der Waals surface area (Å²) in [5.74, 6) is 1.01. The molecule has 10 nitrogen and oxygen atoms in total. The lowest BCUT2D eigenvalue weighted by molar-refractivity contribution is -0.145. The number of nitrogens with zero attached hydrogens (tertiary/aromatic N) is 3. The first-order valence-corrected chi connectivity index (χ1v) is 17.1. The van der Waals surface area contributed by atoms with Crippen LogP contribution in [-0.2, 0) is 14.3 Å². The van der Waals surface area contributed by atoms with E-state index < -0.39 is 0 Å². The summed E-state index contributed by atoms with van der Waals surface area (Å²) in [4.78, 5) is 37.1. The van der Waals surface area contributed by atoms with E-state index in [1.54, 1.807) is 21.1 Å². The number of hydrogen-bond donors (Lipinski definition) is 2. The molecule has 2 N–H and O–H groups in total. The number of carbonyl (C=O) groups excluding carboxylic acids is 2. The highest BCUT2D eigenvalue weighted by atomic mass is 16.5. The van der Waals surface area contributed by atoms with Crippen molar-refractivity contribution < 1.29 is 23.8 Å². The third kappa shape index (κ3) is 7.49. The number of anilines is 2. The predicted octanol–water partition coefficient (Wildman–Crippen LogP) is 7.58. The summed E-state index contributed by atoms with van der Waals surface area (Å²) in [7, 11) is 3.31. The maximum atomic E-state index is 13.5. The lowest BCUT2D eigenvalue weighted by Gasteiger charge is -2.24. The highest BCUT2D eigenvalue weighted by Crippen LogP contribution is 2.36. The maximum absolute atomic E-state index is 13.5. The number of ether oxygens (including phenoxy) is 3. The van der Waals surface area contributed by atoms with Gasteiger partial charge in [-0.05, 0) is 44.0 Å². The number of rotatable bonds is 16. The molecule has 6 rings (SSSR count). The van der Waals surface area contributed by atoms with Crippen LogP contribution in [0.5, 0.6) is 11.5 Å². The van der Waals surface area contributed by atoms with E-state index in [0.29, 0.717) is 45.6 Å². The summed E-state index contributed by atoms with van der Waals surface area (Å²) >= 11 is 0. The Bertz CT molecular complexity index is 2000. The molecule has 0 aliphatic carbocycles. The summed E-state index contributed by atoms with van der Waals surface area (Å²) in [5, 5.41) is 11.3. The van der Waals surface area contributed by atoms with Crippen LogP contribution in [0.4, 0.5) is 11.4 Å². The number of carbonyl (C=O) groups is 2. The molecule has 0 aliphatic heterocycles. The van der Waals surface area contributed by atoms with Crippen molar-refractivity contribution in [3.05, 3.63) is 84.9 Å². The van der Waals surface area contributed by atoms with E-state index in [4.69, 9.17) is 24.2 Å². The number of methoxy groups -OCH3 is 2. The molecule has 258 valence electrons. The van der Waals surface area contributed by atoms with E-state index in [9.17, 15) is 9.59 Å². The van der Waals surface area contributed by atoms with E-state index in [1.807, 2.05) is 77.7 Å². The van der Waals surface area contributed by atoms with Crippen molar-refractivity contribution in [3.8, 4) is 11.5 Å². The molecular weight excluding hydrogens is 630 g/mol. The van der Waals surface area contributed by atoms with E-state index in [2.05, 4.69) is 22.8 Å². The van der Waals surface area contributed by atoms with Crippen LogP contribution in [0, 0.1) is 0 Å². The van der Waals surface area contributed by atoms with Crippen LogP contribution in [-0.4, -0.2) is 73.7 Å². The SMILES string of the molecule is CCOC(=O)CCC(=O)N(CCCNc1c2ccccc2nc2c(OC)cccc12)CCCNc1c2ccccc2nc2c(OC)cccc12. The van der Waals surface area contributed by atoms with Crippen molar-refractivity contribution in [2.45, 2.75) is 32.6 Å². The number of nitrogens with one attached hydrogen (secondary N) is 2. The van der Waals surface area contributed by atoms with Crippen molar-refractivity contribution in [1.29, 1.82) is 0 Å². The minimum Gasteiger partial charge on any atom is -0.494 e. The molecular formula is C40H43N5O5. The smallest absolute Gasteiger partial charge is 0.306 e. The van der Waals surface area contributed by atoms with Gasteiger partial charge in [0.2, 0.25) is 5.91 Å². The standard InChI is InChI=1S/C40H43N5O5/c1-4-50-36(47)22-21-35(46)45(25-11-23-41-37-27-13-5-7-17-31(27)43-39-29(37)15-9-19-33(39)48-2)26-12-24-42-38-28-14-6-8-18-32(28)44-40-30(38)16-10-20-34(40)49-3/h5-10,13-20H,4,11-12,21-26H2,1-3H3,(H,41,43)(H,42,44). The zero-order valence-corrected chi connectivity index (χ0v) is 28.8. The van der Waals surface area contributed by atoms with Crippen LogP contribution < -0.4 is 20.1 Å². The van der Waals surface area contributed by atoms with Gasteiger partial charge in [0.15, 0.2) is 0 Å². The Balaban J connectivity index is 1.15. The number of benzene rings is 4. The van der Waals surface area contributed by atoms with Crippen LogP contribution in [0.25, 0.3) is 43.6 Å². The second kappa shape index (κ2) is 16.2. The summed E-state index contributed by atoms with van der Waals surface area (Å²) in [6.45, 7) is 4.41. The molecule has 0 aliphatic rings. The van der Waals surface area contributed by atoms with Gasteiger partial charge in [-0.3, -0.25) is 9.59 Å². The third-order valence-corrected chi connectivity index (χ3v) is 8.80. The molecule has 0 unspecified atom stereocenters. The number of hydrogen-bond acceptors (Lipinski definition) is 9. The Kier molecular flexibility index (Phi) is 11.1. The minimum atomic E-state index is -0.358. The van der Waals surface area contributed by atoms with Crippen LogP contribution in [0.1, 0.15) is 32.6 Å². The quantitative estimate of drug-likeness (QED) is 0.0610. The monoisotopic (exact) mass is 673 g/mol. The van der Waals surface area contributed by atoms with Crippen molar-refractivity contribution in [3.63, 3.8) is 0 Å². The molecule has 0 saturated heterocycles. The van der Waals surface area contributed by atoms with Crippen molar-refractivity contribution in [2.24, 2.45) is 0 Å². The highest BCUT2D eigenvalue weighted by Gasteiger charge is 2.17. The first-order chi connectivity index (χ1) is 24.5. The van der Waals surface area contributed by atoms with Crippen molar-refractivity contribution in [1.82, 2.24) is 14.9 Å². The van der Waals surface area contributed by atoms with E-state index in [0.717, 1.165) is 66.5 Å². The number of para-hydroxylation sites is 4. The summed E-state index contributed by atoms with van der Waals surface area (Å²) in [6, 6.07) is 27.9. The van der Waals surface area contributed by atoms with Gasteiger partial charge in [0.05, 0.1) is 49.7 Å². The topological polar surface area (TPSA) is 115 Å². The lowest BCUT2D eigenvalue weighted by atomic mass is 10.1. The highest BCUT2D eigenvalue weighted by molar-refractivity contribution is 6.10. The summed E-state index contributed by atoms with van der Waals surface area (Å²) in [5.41, 5.74) is 5.33. The van der Waals surface area contributed by atoms with Crippen LogP contribution in [0.2, 0.25) is 0 Å². The van der Waals surface area contributed by atoms with Gasteiger partial charge in [-0.1, -0.05) is 60.7 Å². The minimum absolute atomic E-state index is 0.0628. The molecule has 0 atom stereocenters. The fourth-order valence-electron chi connectivity index (χ4n) is 6.41. The molecule has 4 aromatic carbocycles. The number of amides is 1. The molecule has 50 heavy (non-hydrogen) atoms. The van der Waals surface area contributed by atoms with Gasteiger partial charge in [-0.15, -0.1) is 0 Å². The van der Waals surface area contributed by atoms with Gasteiger partial charge >= 0.3 is 5.97 Å². The number of aromatic nitrogens is 2. The molecule has 6 aromatic rings. The first kappa shape index (κ1) is 34.2. The van der Waals surface area contributed by atoms with Gasteiger partial charge in [0.1, 0.15) is 22.5 Å². The largest absolute Gasteiger partial charge is 0.494 e. The zero-order valence-electron chi connectivity index (χ0n) is 28.8. The Hall–Kier alpha value is -5.64. The predicted molar refractivity (Wildman–Crippen MR) is 200 cm³/mol. The van der Waals surface area contributed by atoms with Crippen molar-refractivity contribution >= 4 is 66.9 Å². The Morgan fingerprint density at radius 1 is 0.640 bits per heavy atom. The fourth-order valence-corrected chi connectivity index (χ4v) is 6.41. The van der Waals surface area contributed by atoms with Gasteiger partial charge < -0.3 is 29.7 Å². The van der Waals surface area contributed by atoms with Gasteiger partial charge in [0, 0.05) is 54.1 Å². The van der Waals surface area contributed by atoms with Gasteiger partial charge in [-0.2, -0.15) is 0 Å². The Morgan fingerprint density at radius 3 is 1.60 bits per heavy atom. The summed E-state index contributed by atoms with van der Waals surface area (Å²) in [6.07, 6.45) is 1.59. The van der Waals surface area contributed by atoms with Crippen molar-refractivity contribution in [2.75, 3.05) is 57.6 Å². The molecule has 2 aromatic heterocycles. The fraction of sp³-hybridized carbons (Fsp3) is 0.300. The molecule has 0 bridgehead atoms. The Morgan fingerprint density at radius 2 is 1.12 bits per heavy atom. The van der Waals surface area contributed by atoms with Crippen LogP contribution in [0.3, 0.4) is 0 Å². The Labute approximate surface area is 291 Å². The number of pyridine rings is 2. The third-order valence-electron chi connectivity index (χ3n) is 8.80. The second-order valence-corrected chi connectivity index (χ2v) is 12.0. The zero-order chi connectivity index (χ0) is 34.9. The molecule has 0 spiro atoms. The van der Waals surface area contributed by atoms with Crippen LogP contribution >= 0.6 is 0 Å². The van der Waals surface area contributed by atoms with Gasteiger partial charge in [-0.25, -0.2) is 9.97 Å². The van der Waals surface area contributed by atoms with Crippen LogP contribution in [0.15, 0.2) is 84.9 Å². The van der Waals surface area contributed by atoms with Gasteiger partial charge in [0.25, 0.3) is 0 Å². The number of esters is 1. The molecule has 10 heteroatoms. The molecule has 1 amide bonds. The van der Waals surface area contributed by atoms with E-state index in [-0.39, 0.29) is 24.7 Å². The lowest BCUT2D eigenvalue weighted by Crippen LogP contribution is -2.34. The maximum Gasteiger partial charge on any atom is 0.306 e. The summed E-state index contributed by atoms with van der Waals surface area (Å²) < 4.78 is 16.3. The average Bonchev–Trinajstić information content (AvgIpc) is 3.15.